The van der Waals surface area contributed by atoms with Crippen molar-refractivity contribution < 1.29 is 19.1 Å². The molecule has 1 aliphatic heterocycles. The number of rotatable bonds is 6. The first kappa shape index (κ1) is 17.8. The molecule has 1 unspecified atom stereocenters. The summed E-state index contributed by atoms with van der Waals surface area (Å²) in [7, 11) is 1.60. The van der Waals surface area contributed by atoms with E-state index in [0.717, 1.165) is 17.0 Å². The third kappa shape index (κ3) is 4.33. The van der Waals surface area contributed by atoms with Gasteiger partial charge in [-0.05, 0) is 48.9 Å². The van der Waals surface area contributed by atoms with Crippen LogP contribution in [0.25, 0.3) is 0 Å². The van der Waals surface area contributed by atoms with Crippen molar-refractivity contribution in [1.29, 1.82) is 0 Å². The average molecular weight is 354 g/mol. The lowest BCUT2D eigenvalue weighted by atomic mass is 10.2. The Hall–Kier alpha value is -3.02. The first-order valence-corrected chi connectivity index (χ1v) is 8.48. The molecule has 0 aromatic heterocycles. The molecule has 1 N–H and O–H groups in total. The third-order valence-electron chi connectivity index (χ3n) is 4.23. The van der Waals surface area contributed by atoms with E-state index in [2.05, 4.69) is 5.32 Å². The first-order valence-electron chi connectivity index (χ1n) is 8.48. The molecule has 2 amide bonds. The van der Waals surface area contributed by atoms with Crippen LogP contribution in [-0.4, -0.2) is 38.1 Å². The zero-order chi connectivity index (χ0) is 18.5. The average Bonchev–Trinajstić information content (AvgIpc) is 3.00. The number of amides is 2. The van der Waals surface area contributed by atoms with Gasteiger partial charge in [0, 0.05) is 18.7 Å². The summed E-state index contributed by atoms with van der Waals surface area (Å²) >= 11 is 0. The SMILES string of the molecule is COc1ccc(N2CC(NC(=O)COc3cccc(C)c3)CC2=O)cc1. The van der Waals surface area contributed by atoms with Gasteiger partial charge in [0.2, 0.25) is 5.91 Å². The van der Waals surface area contributed by atoms with Crippen LogP contribution in [-0.2, 0) is 9.59 Å². The number of methoxy groups -OCH3 is 1. The summed E-state index contributed by atoms with van der Waals surface area (Å²) < 4.78 is 10.6. The maximum absolute atomic E-state index is 12.3. The molecule has 0 bridgehead atoms. The molecule has 1 aliphatic rings. The maximum Gasteiger partial charge on any atom is 0.258 e. The van der Waals surface area contributed by atoms with Crippen molar-refractivity contribution in [2.45, 2.75) is 19.4 Å². The molecule has 1 atom stereocenters. The summed E-state index contributed by atoms with van der Waals surface area (Å²) in [5.74, 6) is 1.14. The van der Waals surface area contributed by atoms with Gasteiger partial charge in [-0.1, -0.05) is 12.1 Å². The Morgan fingerprint density at radius 3 is 2.65 bits per heavy atom. The molecule has 3 rings (SSSR count). The van der Waals surface area contributed by atoms with Gasteiger partial charge in [-0.2, -0.15) is 0 Å². The molecule has 1 heterocycles. The lowest BCUT2D eigenvalue weighted by Gasteiger charge is -2.17. The van der Waals surface area contributed by atoms with E-state index in [1.54, 1.807) is 12.0 Å². The van der Waals surface area contributed by atoms with Crippen LogP contribution in [0.4, 0.5) is 5.69 Å². The van der Waals surface area contributed by atoms with Crippen LogP contribution in [0.1, 0.15) is 12.0 Å². The summed E-state index contributed by atoms with van der Waals surface area (Å²) in [6.07, 6.45) is 0.280. The van der Waals surface area contributed by atoms with Gasteiger partial charge in [0.1, 0.15) is 11.5 Å². The van der Waals surface area contributed by atoms with E-state index in [-0.39, 0.29) is 30.9 Å². The van der Waals surface area contributed by atoms with E-state index in [0.29, 0.717) is 12.3 Å². The minimum absolute atomic E-state index is 0.0138. The molecule has 1 saturated heterocycles. The van der Waals surface area contributed by atoms with Gasteiger partial charge in [-0.15, -0.1) is 0 Å². The first-order chi connectivity index (χ1) is 12.5. The molecule has 2 aromatic rings. The van der Waals surface area contributed by atoms with E-state index in [9.17, 15) is 9.59 Å². The molecule has 6 nitrogen and oxygen atoms in total. The summed E-state index contributed by atoms with van der Waals surface area (Å²) in [6, 6.07) is 14.6. The van der Waals surface area contributed by atoms with Crippen LogP contribution in [0.2, 0.25) is 0 Å². The minimum Gasteiger partial charge on any atom is -0.497 e. The Morgan fingerprint density at radius 1 is 1.19 bits per heavy atom. The van der Waals surface area contributed by atoms with Crippen molar-refractivity contribution in [3.05, 3.63) is 54.1 Å². The highest BCUT2D eigenvalue weighted by atomic mass is 16.5. The van der Waals surface area contributed by atoms with Crippen molar-refractivity contribution in [3.8, 4) is 11.5 Å². The largest absolute Gasteiger partial charge is 0.497 e. The topological polar surface area (TPSA) is 67.9 Å². The monoisotopic (exact) mass is 354 g/mol. The Morgan fingerprint density at radius 2 is 1.96 bits per heavy atom. The van der Waals surface area contributed by atoms with Gasteiger partial charge < -0.3 is 19.7 Å². The van der Waals surface area contributed by atoms with E-state index in [1.807, 2.05) is 55.5 Å². The summed E-state index contributed by atoms with van der Waals surface area (Å²) in [5.41, 5.74) is 1.86. The van der Waals surface area contributed by atoms with Crippen LogP contribution in [0.5, 0.6) is 11.5 Å². The number of anilines is 1. The molecular weight excluding hydrogens is 332 g/mol. The molecule has 0 saturated carbocycles. The highest BCUT2D eigenvalue weighted by Gasteiger charge is 2.31. The number of nitrogens with zero attached hydrogens (tertiary/aromatic N) is 1. The maximum atomic E-state index is 12.3. The van der Waals surface area contributed by atoms with Gasteiger partial charge >= 0.3 is 0 Å². The summed E-state index contributed by atoms with van der Waals surface area (Å²) in [4.78, 5) is 26.0. The smallest absolute Gasteiger partial charge is 0.258 e. The fourth-order valence-electron chi connectivity index (χ4n) is 2.94. The minimum atomic E-state index is -0.235. The molecule has 26 heavy (non-hydrogen) atoms. The second kappa shape index (κ2) is 7.91. The molecule has 136 valence electrons. The Balaban J connectivity index is 1.52. The molecule has 0 spiro atoms. The fourth-order valence-corrected chi connectivity index (χ4v) is 2.94. The van der Waals surface area contributed by atoms with Crippen molar-refractivity contribution in [3.63, 3.8) is 0 Å². The number of carbonyl (C=O) groups is 2. The van der Waals surface area contributed by atoms with Crippen LogP contribution < -0.4 is 19.7 Å². The van der Waals surface area contributed by atoms with E-state index in [4.69, 9.17) is 9.47 Å². The van der Waals surface area contributed by atoms with Gasteiger partial charge in [0.05, 0.1) is 13.2 Å². The number of hydrogen-bond acceptors (Lipinski definition) is 4. The van der Waals surface area contributed by atoms with Crippen molar-refractivity contribution >= 4 is 17.5 Å². The van der Waals surface area contributed by atoms with E-state index < -0.39 is 0 Å². The van der Waals surface area contributed by atoms with Crippen LogP contribution >= 0.6 is 0 Å². The number of aryl methyl sites for hydroxylation is 1. The zero-order valence-corrected chi connectivity index (χ0v) is 14.9. The van der Waals surface area contributed by atoms with Crippen molar-refractivity contribution in [2.75, 3.05) is 25.2 Å². The number of benzene rings is 2. The van der Waals surface area contributed by atoms with E-state index in [1.165, 1.54) is 0 Å². The predicted molar refractivity (Wildman–Crippen MR) is 98.6 cm³/mol. The number of hydrogen-bond donors (Lipinski definition) is 1. The summed E-state index contributed by atoms with van der Waals surface area (Å²) in [5, 5.41) is 2.87. The van der Waals surface area contributed by atoms with Crippen LogP contribution in [0, 0.1) is 6.92 Å². The lowest BCUT2D eigenvalue weighted by molar-refractivity contribution is -0.123. The van der Waals surface area contributed by atoms with Crippen LogP contribution in [0.15, 0.2) is 48.5 Å². The van der Waals surface area contributed by atoms with Crippen molar-refractivity contribution in [2.24, 2.45) is 0 Å². The van der Waals surface area contributed by atoms with Gasteiger partial charge in [0.15, 0.2) is 6.61 Å². The number of carbonyl (C=O) groups excluding carboxylic acids is 2. The molecule has 2 aromatic carbocycles. The molecule has 0 radical (unpaired) electrons. The van der Waals surface area contributed by atoms with E-state index >= 15 is 0 Å². The predicted octanol–water partition coefficient (Wildman–Crippen LogP) is 2.30. The molecule has 6 heteroatoms. The third-order valence-corrected chi connectivity index (χ3v) is 4.23. The Bertz CT molecular complexity index is 789. The number of ether oxygens (including phenoxy) is 2. The van der Waals surface area contributed by atoms with Gasteiger partial charge in [0.25, 0.3) is 5.91 Å². The Kier molecular flexibility index (Phi) is 5.41. The Labute approximate surface area is 152 Å². The lowest BCUT2D eigenvalue weighted by Crippen LogP contribution is -2.39. The highest BCUT2D eigenvalue weighted by molar-refractivity contribution is 5.97. The fraction of sp³-hybridized carbons (Fsp3) is 0.300. The second-order valence-corrected chi connectivity index (χ2v) is 6.28. The number of nitrogens with one attached hydrogen (secondary N) is 1. The van der Waals surface area contributed by atoms with Gasteiger partial charge in [-0.3, -0.25) is 9.59 Å². The standard InChI is InChI=1S/C20H22N2O4/c1-14-4-3-5-18(10-14)26-13-19(23)21-15-11-20(24)22(12-15)16-6-8-17(25-2)9-7-16/h3-10,15H,11-13H2,1-2H3,(H,21,23). The quantitative estimate of drug-likeness (QED) is 0.864. The van der Waals surface area contributed by atoms with Crippen molar-refractivity contribution in [1.82, 2.24) is 5.32 Å². The molecule has 1 fully saturated rings. The van der Waals surface area contributed by atoms with Crippen LogP contribution in [0.3, 0.4) is 0 Å². The molecular formula is C20H22N2O4. The normalized spacial score (nSPS) is 16.5. The second-order valence-electron chi connectivity index (χ2n) is 6.28. The highest BCUT2D eigenvalue weighted by Crippen LogP contribution is 2.24. The molecule has 0 aliphatic carbocycles. The summed E-state index contributed by atoms with van der Waals surface area (Å²) in [6.45, 7) is 2.34. The van der Waals surface area contributed by atoms with Gasteiger partial charge in [-0.25, -0.2) is 0 Å². The zero-order valence-electron chi connectivity index (χ0n) is 14.9.